The molecule has 2 rings (SSSR count). The van der Waals surface area contributed by atoms with Gasteiger partial charge in [0.25, 0.3) is 0 Å². The molecule has 1 saturated carbocycles. The van der Waals surface area contributed by atoms with E-state index in [1.807, 2.05) is 0 Å². The van der Waals surface area contributed by atoms with Crippen LogP contribution in [0.2, 0.25) is 0 Å². The number of hydrogen-bond acceptors (Lipinski definition) is 1. The minimum absolute atomic E-state index is 0.185. The van der Waals surface area contributed by atoms with E-state index in [2.05, 4.69) is 63.3 Å². The molecule has 1 aromatic carbocycles. The number of carbonyl (C=O) groups is 1. The van der Waals surface area contributed by atoms with Crippen LogP contribution in [0.3, 0.4) is 0 Å². The Morgan fingerprint density at radius 1 is 1.26 bits per heavy atom. The predicted molar refractivity (Wildman–Crippen MR) is 78.9 cm³/mol. The molecule has 0 bridgehead atoms. The van der Waals surface area contributed by atoms with Crippen LogP contribution in [0.4, 0.5) is 0 Å². The Hall–Kier alpha value is -1.31. The largest absolute Gasteiger partial charge is 0.356 e. The predicted octanol–water partition coefficient (Wildman–Crippen LogP) is 3.59. The van der Waals surface area contributed by atoms with E-state index in [0.29, 0.717) is 29.6 Å². The highest BCUT2D eigenvalue weighted by Crippen LogP contribution is 2.63. The maximum atomic E-state index is 11.7. The summed E-state index contributed by atoms with van der Waals surface area (Å²) >= 11 is 0. The molecule has 0 radical (unpaired) electrons. The van der Waals surface area contributed by atoms with E-state index >= 15 is 0 Å². The Labute approximate surface area is 116 Å². The summed E-state index contributed by atoms with van der Waals surface area (Å²) in [4.78, 5) is 11.7. The molecule has 1 aliphatic carbocycles. The van der Waals surface area contributed by atoms with Gasteiger partial charge >= 0.3 is 0 Å². The van der Waals surface area contributed by atoms with Gasteiger partial charge in [-0.15, -0.1) is 0 Å². The smallest absolute Gasteiger partial charge is 0.220 e. The second-order valence-corrected chi connectivity index (χ2v) is 6.72. The van der Waals surface area contributed by atoms with Gasteiger partial charge in [0.2, 0.25) is 5.91 Å². The quantitative estimate of drug-likeness (QED) is 0.860. The van der Waals surface area contributed by atoms with Crippen molar-refractivity contribution in [2.24, 2.45) is 17.3 Å². The van der Waals surface area contributed by atoms with Gasteiger partial charge in [0, 0.05) is 13.0 Å². The van der Waals surface area contributed by atoms with Gasteiger partial charge < -0.3 is 5.32 Å². The number of amides is 1. The number of carbonyl (C=O) groups excluding carboxylic acids is 1. The van der Waals surface area contributed by atoms with Crippen molar-refractivity contribution in [2.75, 3.05) is 6.54 Å². The molecule has 2 heteroatoms. The van der Waals surface area contributed by atoms with Crippen molar-refractivity contribution in [3.63, 3.8) is 0 Å². The summed E-state index contributed by atoms with van der Waals surface area (Å²) in [5, 5.41) is 3.09. The molecular formula is C17H25NO. The van der Waals surface area contributed by atoms with Gasteiger partial charge in [-0.25, -0.2) is 0 Å². The molecular weight excluding hydrogens is 234 g/mol. The molecule has 0 spiro atoms. The van der Waals surface area contributed by atoms with E-state index in [-0.39, 0.29) is 5.91 Å². The van der Waals surface area contributed by atoms with Gasteiger partial charge in [-0.05, 0) is 28.7 Å². The van der Waals surface area contributed by atoms with Crippen molar-refractivity contribution in [1.29, 1.82) is 0 Å². The fraction of sp³-hybridized carbons (Fsp3) is 0.588. The number of hydrogen-bond donors (Lipinski definition) is 1. The van der Waals surface area contributed by atoms with Crippen LogP contribution in [-0.2, 0) is 4.79 Å². The molecule has 1 N–H and O–H groups in total. The number of benzene rings is 1. The zero-order chi connectivity index (χ0) is 14.0. The van der Waals surface area contributed by atoms with E-state index in [0.717, 1.165) is 6.54 Å². The molecule has 0 aliphatic heterocycles. The highest BCUT2D eigenvalue weighted by molar-refractivity contribution is 5.76. The fourth-order valence-electron chi connectivity index (χ4n) is 3.11. The van der Waals surface area contributed by atoms with E-state index in [1.165, 1.54) is 5.56 Å². The van der Waals surface area contributed by atoms with Gasteiger partial charge in [0.1, 0.15) is 0 Å². The first-order chi connectivity index (χ1) is 8.93. The van der Waals surface area contributed by atoms with Gasteiger partial charge in [-0.1, -0.05) is 58.0 Å². The summed E-state index contributed by atoms with van der Waals surface area (Å²) in [6.45, 7) is 9.55. The van der Waals surface area contributed by atoms with E-state index < -0.39 is 0 Å². The minimum atomic E-state index is 0.185. The molecule has 1 amide bonds. The third kappa shape index (κ3) is 3.17. The zero-order valence-electron chi connectivity index (χ0n) is 12.4. The van der Waals surface area contributed by atoms with Crippen molar-refractivity contribution < 1.29 is 4.79 Å². The highest BCUT2D eigenvalue weighted by Gasteiger charge is 2.57. The Balaban J connectivity index is 1.90. The fourth-order valence-corrected chi connectivity index (χ4v) is 3.11. The molecule has 19 heavy (non-hydrogen) atoms. The molecule has 0 aromatic heterocycles. The van der Waals surface area contributed by atoms with Crippen LogP contribution in [0.5, 0.6) is 0 Å². The highest BCUT2D eigenvalue weighted by atomic mass is 16.1. The lowest BCUT2D eigenvalue weighted by Gasteiger charge is -2.07. The van der Waals surface area contributed by atoms with Gasteiger partial charge in [-0.3, -0.25) is 4.79 Å². The Bertz CT molecular complexity index is 436. The molecule has 1 aliphatic rings. The molecule has 1 aromatic rings. The van der Waals surface area contributed by atoms with Crippen LogP contribution in [0.25, 0.3) is 0 Å². The number of rotatable bonds is 5. The monoisotopic (exact) mass is 259 g/mol. The average molecular weight is 259 g/mol. The maximum Gasteiger partial charge on any atom is 0.220 e. The van der Waals surface area contributed by atoms with Crippen molar-refractivity contribution in [1.82, 2.24) is 5.32 Å². The zero-order valence-corrected chi connectivity index (χ0v) is 12.4. The van der Waals surface area contributed by atoms with Crippen molar-refractivity contribution in [3.05, 3.63) is 35.9 Å². The second kappa shape index (κ2) is 5.36. The third-order valence-electron chi connectivity index (χ3n) is 4.32. The molecule has 0 unspecified atom stereocenters. The maximum absolute atomic E-state index is 11.7. The van der Waals surface area contributed by atoms with Crippen LogP contribution in [0, 0.1) is 17.3 Å². The summed E-state index contributed by atoms with van der Waals surface area (Å²) in [6, 6.07) is 10.6. The SMILES string of the molecule is CC(C)CC(=O)NC[C@H]1[C@H](c2ccccc2)C1(C)C. The normalized spacial score (nSPS) is 24.3. The van der Waals surface area contributed by atoms with Crippen LogP contribution in [-0.4, -0.2) is 12.5 Å². The molecule has 2 atom stereocenters. The summed E-state index contributed by atoms with van der Waals surface area (Å²) in [6.07, 6.45) is 0.628. The Morgan fingerprint density at radius 3 is 2.47 bits per heavy atom. The average Bonchev–Trinajstić information content (AvgIpc) is 2.89. The summed E-state index contributed by atoms with van der Waals surface area (Å²) in [5.41, 5.74) is 1.70. The van der Waals surface area contributed by atoms with Gasteiger partial charge in [0.15, 0.2) is 0 Å². The first-order valence-electron chi connectivity index (χ1n) is 7.24. The lowest BCUT2D eigenvalue weighted by atomic mass is 10.0. The van der Waals surface area contributed by atoms with Crippen molar-refractivity contribution >= 4 is 5.91 Å². The standard InChI is InChI=1S/C17H25NO/c1-12(2)10-15(19)18-11-14-16(17(14,3)4)13-8-6-5-7-9-13/h5-9,12,14,16H,10-11H2,1-4H3,(H,18,19)/t14-,16-/m0/s1. The third-order valence-corrected chi connectivity index (χ3v) is 4.32. The van der Waals surface area contributed by atoms with Crippen molar-refractivity contribution in [3.8, 4) is 0 Å². The van der Waals surface area contributed by atoms with Crippen molar-refractivity contribution in [2.45, 2.75) is 40.0 Å². The molecule has 2 nitrogen and oxygen atoms in total. The minimum Gasteiger partial charge on any atom is -0.356 e. The van der Waals surface area contributed by atoms with E-state index in [9.17, 15) is 4.79 Å². The van der Waals surface area contributed by atoms with Gasteiger partial charge in [0.05, 0.1) is 0 Å². The summed E-state index contributed by atoms with van der Waals surface area (Å²) < 4.78 is 0. The Morgan fingerprint density at radius 2 is 1.89 bits per heavy atom. The van der Waals surface area contributed by atoms with Gasteiger partial charge in [-0.2, -0.15) is 0 Å². The topological polar surface area (TPSA) is 29.1 Å². The molecule has 0 saturated heterocycles. The van der Waals surface area contributed by atoms with E-state index in [1.54, 1.807) is 0 Å². The summed E-state index contributed by atoms with van der Waals surface area (Å²) in [7, 11) is 0. The van der Waals surface area contributed by atoms with E-state index in [4.69, 9.17) is 0 Å². The van der Waals surface area contributed by atoms with Crippen LogP contribution in [0.15, 0.2) is 30.3 Å². The van der Waals surface area contributed by atoms with Crippen LogP contribution >= 0.6 is 0 Å². The first-order valence-corrected chi connectivity index (χ1v) is 7.24. The summed E-state index contributed by atoms with van der Waals surface area (Å²) in [5.74, 6) is 1.75. The lowest BCUT2D eigenvalue weighted by Crippen LogP contribution is -2.27. The molecule has 0 heterocycles. The first kappa shape index (κ1) is 14.1. The van der Waals surface area contributed by atoms with Crippen LogP contribution in [0.1, 0.15) is 45.6 Å². The Kier molecular flexibility index (Phi) is 3.98. The second-order valence-electron chi connectivity index (χ2n) is 6.72. The van der Waals surface area contributed by atoms with Crippen LogP contribution < -0.4 is 5.32 Å². The molecule has 104 valence electrons. The molecule has 1 fully saturated rings. The number of nitrogens with one attached hydrogen (secondary N) is 1. The lowest BCUT2D eigenvalue weighted by molar-refractivity contribution is -0.121.